The van der Waals surface area contributed by atoms with E-state index < -0.39 is 32.0 Å². The van der Waals surface area contributed by atoms with Gasteiger partial charge in [-0.15, -0.1) is 0 Å². The van der Waals surface area contributed by atoms with Crippen LogP contribution in [-0.2, 0) is 23.2 Å². The monoisotopic (exact) mass is 458 g/mol. The van der Waals surface area contributed by atoms with Crippen molar-refractivity contribution in [2.24, 2.45) is 0 Å². The number of halogens is 2. The third-order valence-electron chi connectivity index (χ3n) is 4.73. The van der Waals surface area contributed by atoms with Crippen LogP contribution in [0.1, 0.15) is 31.2 Å². The molecule has 0 bridgehead atoms. The average molecular weight is 461 g/mol. The van der Waals surface area contributed by atoms with Crippen molar-refractivity contribution >= 4 is 26.1 Å². The summed E-state index contributed by atoms with van der Waals surface area (Å²) >= 11 is -0.559. The first-order chi connectivity index (χ1) is 9.99. The number of allylic oxidation sites excluding steroid dienone is 1. The molecule has 0 saturated carbocycles. The van der Waals surface area contributed by atoms with Crippen molar-refractivity contribution in [3.63, 3.8) is 0 Å². The molecule has 1 heterocycles. The summed E-state index contributed by atoms with van der Waals surface area (Å²) in [7, 11) is 0.295. The van der Waals surface area contributed by atoms with Crippen LogP contribution in [0.5, 0.6) is 0 Å². The van der Waals surface area contributed by atoms with Crippen LogP contribution in [0.25, 0.3) is 6.08 Å². The zero-order chi connectivity index (χ0) is 15.1. The molecule has 3 rings (SSSR count). The molecule has 1 aromatic heterocycles. The molecule has 2 atom stereocenters. The molecular formula is C18H23Cl2PSiZr. The first-order valence-corrected chi connectivity index (χ1v) is 14.2. The predicted molar refractivity (Wildman–Crippen MR) is 95.8 cm³/mol. The van der Waals surface area contributed by atoms with Gasteiger partial charge < -0.3 is 24.8 Å². The van der Waals surface area contributed by atoms with Crippen molar-refractivity contribution in [2.75, 3.05) is 0 Å². The van der Waals surface area contributed by atoms with Crippen molar-refractivity contribution < 1.29 is 48.0 Å². The van der Waals surface area contributed by atoms with Crippen molar-refractivity contribution in [1.29, 1.82) is 0 Å². The van der Waals surface area contributed by atoms with Gasteiger partial charge in [0.25, 0.3) is 0 Å². The Morgan fingerprint density at radius 3 is 2.22 bits per heavy atom. The van der Waals surface area contributed by atoms with Gasteiger partial charge in [0.15, 0.2) is 0 Å². The molecule has 0 aliphatic heterocycles. The number of hydrogen-bond donors (Lipinski definition) is 0. The van der Waals surface area contributed by atoms with Crippen LogP contribution in [0, 0.1) is 20.8 Å². The minimum absolute atomic E-state index is 0. The molecule has 0 radical (unpaired) electrons. The van der Waals surface area contributed by atoms with E-state index in [-0.39, 0.29) is 24.8 Å². The maximum atomic E-state index is 2.54. The van der Waals surface area contributed by atoms with Gasteiger partial charge in [-0.2, -0.15) is 0 Å². The minimum Gasteiger partial charge on any atom is -1.00 e. The van der Waals surface area contributed by atoms with Crippen LogP contribution in [-0.4, -0.2) is 8.80 Å². The Kier molecular flexibility index (Phi) is 8.10. The summed E-state index contributed by atoms with van der Waals surface area (Å²) in [5.74, 6) is 0. The van der Waals surface area contributed by atoms with Gasteiger partial charge in [0, 0.05) is 0 Å². The molecular weight excluding hydrogens is 437 g/mol. The van der Waals surface area contributed by atoms with Crippen LogP contribution in [0.4, 0.5) is 0 Å². The van der Waals surface area contributed by atoms with E-state index in [1.165, 1.54) is 5.56 Å². The minimum atomic E-state index is -0.709. The smallest absolute Gasteiger partial charge is 1.00 e. The average Bonchev–Trinajstić information content (AvgIpc) is 2.94. The Morgan fingerprint density at radius 2 is 1.65 bits per heavy atom. The van der Waals surface area contributed by atoms with Crippen LogP contribution in [0.3, 0.4) is 0 Å². The number of hydrogen-bond acceptors (Lipinski definition) is 0. The molecule has 2 aromatic rings. The van der Waals surface area contributed by atoms with Gasteiger partial charge in [0.2, 0.25) is 0 Å². The van der Waals surface area contributed by atoms with E-state index in [0.29, 0.717) is 0 Å². The van der Waals surface area contributed by atoms with E-state index >= 15 is 0 Å². The molecule has 0 N–H and O–H groups in total. The maximum Gasteiger partial charge on any atom is -1.00 e. The van der Waals surface area contributed by atoms with E-state index in [1.807, 2.05) is 8.20 Å². The van der Waals surface area contributed by atoms with E-state index in [9.17, 15) is 0 Å². The summed E-state index contributed by atoms with van der Waals surface area (Å²) in [5, 5.41) is 3.47. The normalized spacial score (nSPS) is 15.7. The second-order valence-corrected chi connectivity index (χ2v) is 15.4. The van der Waals surface area contributed by atoms with E-state index in [1.54, 1.807) is 22.0 Å². The van der Waals surface area contributed by atoms with Crippen molar-refractivity contribution in [2.45, 2.75) is 37.5 Å². The molecule has 0 saturated heterocycles. The largest absolute Gasteiger partial charge is 1.00 e. The fraction of sp³-hybridized carbons (Fsp3) is 0.333. The standard InChI is InChI=1S/C11H13Si.C7H10P.2ClH.Zr/c1-12(2)11-7-9-5-3-4-6-10(9)8-11;1-5-4-8-7(3)6(5)2;;;/h3-8,12H,1-2H3;8H,1-3H3;2*1H;/q;;;;+2/p-2. The number of fused-ring (bicyclic) bond motifs is 1. The summed E-state index contributed by atoms with van der Waals surface area (Å²) in [6.07, 6.45) is 2.54. The maximum absolute atomic E-state index is 2.54. The van der Waals surface area contributed by atoms with Crippen molar-refractivity contribution in [3.05, 3.63) is 57.0 Å². The second-order valence-electron chi connectivity index (χ2n) is 6.38. The fourth-order valence-electron chi connectivity index (χ4n) is 3.14. The van der Waals surface area contributed by atoms with Crippen LogP contribution in [0.2, 0.25) is 13.1 Å². The molecule has 122 valence electrons. The van der Waals surface area contributed by atoms with Gasteiger partial charge in [0.1, 0.15) is 0 Å². The zero-order valence-corrected chi connectivity index (χ0v) is 20.4. The van der Waals surface area contributed by atoms with Crippen LogP contribution >= 0.6 is 8.19 Å². The summed E-state index contributed by atoms with van der Waals surface area (Å²) in [6.45, 7) is 12.0. The SMILES string of the molecule is Cc1[pH][c]([Zr+2][CH]2C([SiH](C)C)=Cc3ccccc32)c(C)c1C.[Cl-].[Cl-]. The number of rotatable bonds is 3. The molecule has 1 aliphatic carbocycles. The topological polar surface area (TPSA) is 0 Å². The molecule has 0 nitrogen and oxygen atoms in total. The Labute approximate surface area is 167 Å². The molecule has 23 heavy (non-hydrogen) atoms. The Morgan fingerprint density at radius 1 is 1.00 bits per heavy atom. The quantitative estimate of drug-likeness (QED) is 0.491. The summed E-state index contributed by atoms with van der Waals surface area (Å²) in [4.78, 5) is 0. The van der Waals surface area contributed by atoms with E-state index in [0.717, 1.165) is 11.8 Å². The summed E-state index contributed by atoms with van der Waals surface area (Å²) in [5.41, 5.74) is 6.39. The molecule has 1 aliphatic rings. The molecule has 0 spiro atoms. The van der Waals surface area contributed by atoms with Gasteiger partial charge in [0.05, 0.1) is 0 Å². The first kappa shape index (κ1) is 21.5. The third-order valence-corrected chi connectivity index (χ3v) is 14.5. The Balaban J connectivity index is 0.00000132. The Hall–Kier alpha value is 0.420. The second kappa shape index (κ2) is 8.68. The molecule has 5 heteroatoms. The number of aryl methyl sites for hydroxylation is 1. The molecule has 0 amide bonds. The third kappa shape index (κ3) is 4.16. The van der Waals surface area contributed by atoms with E-state index in [2.05, 4.69) is 64.2 Å². The molecule has 2 unspecified atom stereocenters. The fourth-order valence-corrected chi connectivity index (χ4v) is 14.8. The van der Waals surface area contributed by atoms with Gasteiger partial charge in [-0.25, -0.2) is 0 Å². The van der Waals surface area contributed by atoms with Gasteiger partial charge >= 0.3 is 144 Å². The predicted octanol–water partition coefficient (Wildman–Crippen LogP) is -1.48. The summed E-state index contributed by atoms with van der Waals surface area (Å²) < 4.78 is 2.70. The van der Waals surface area contributed by atoms with Crippen molar-refractivity contribution in [3.8, 4) is 0 Å². The zero-order valence-electron chi connectivity index (χ0n) is 14.3. The molecule has 1 aromatic carbocycles. The molecule has 0 fully saturated rings. The van der Waals surface area contributed by atoms with Crippen LogP contribution in [0.15, 0.2) is 29.5 Å². The van der Waals surface area contributed by atoms with Gasteiger partial charge in [-0.05, 0) is 0 Å². The van der Waals surface area contributed by atoms with Gasteiger partial charge in [-0.1, -0.05) is 0 Å². The summed E-state index contributed by atoms with van der Waals surface area (Å²) in [6, 6.07) is 9.14. The number of benzene rings is 1. The van der Waals surface area contributed by atoms with E-state index in [4.69, 9.17) is 0 Å². The Bertz CT molecular complexity index is 722. The first-order valence-electron chi connectivity index (χ1n) is 7.71. The van der Waals surface area contributed by atoms with Gasteiger partial charge in [-0.3, -0.25) is 0 Å². The van der Waals surface area contributed by atoms with Crippen molar-refractivity contribution in [1.82, 2.24) is 0 Å². The van der Waals surface area contributed by atoms with Crippen LogP contribution < -0.4 is 27.8 Å².